The highest BCUT2D eigenvalue weighted by molar-refractivity contribution is 5.97. The molecule has 2 amide bonds. The van der Waals surface area contributed by atoms with E-state index in [0.29, 0.717) is 25.3 Å². The second-order valence-corrected chi connectivity index (χ2v) is 5.72. The highest BCUT2D eigenvalue weighted by Gasteiger charge is 2.32. The Morgan fingerprint density at radius 3 is 2.28 bits per heavy atom. The molecule has 0 bridgehead atoms. The number of piperidine rings is 1. The van der Waals surface area contributed by atoms with Gasteiger partial charge in [-0.2, -0.15) is 0 Å². The second kappa shape index (κ2) is 6.88. The van der Waals surface area contributed by atoms with Crippen LogP contribution in [0, 0.1) is 11.8 Å². The van der Waals surface area contributed by atoms with Crippen LogP contribution < -0.4 is 5.32 Å². The van der Waals surface area contributed by atoms with E-state index in [4.69, 9.17) is 0 Å². The summed E-state index contributed by atoms with van der Waals surface area (Å²) in [7, 11) is 0. The minimum Gasteiger partial charge on any atom is -0.312 e. The van der Waals surface area contributed by atoms with Crippen LogP contribution in [0.15, 0.2) is 0 Å². The van der Waals surface area contributed by atoms with Crippen molar-refractivity contribution >= 4 is 11.8 Å². The molecule has 0 aromatic carbocycles. The predicted molar refractivity (Wildman–Crippen MR) is 72.0 cm³/mol. The number of nitrogens with one attached hydrogen (secondary N) is 1. The Morgan fingerprint density at radius 1 is 1.28 bits per heavy atom. The minimum atomic E-state index is -0.0114. The molecule has 1 saturated heterocycles. The second-order valence-electron chi connectivity index (χ2n) is 5.72. The van der Waals surface area contributed by atoms with Crippen LogP contribution in [-0.4, -0.2) is 35.8 Å². The Bertz CT molecular complexity index is 284. The van der Waals surface area contributed by atoms with E-state index in [1.54, 1.807) is 0 Å². The Morgan fingerprint density at radius 2 is 1.83 bits per heavy atom. The van der Waals surface area contributed by atoms with Crippen LogP contribution in [0.4, 0.5) is 0 Å². The highest BCUT2D eigenvalue weighted by Crippen LogP contribution is 2.19. The molecule has 4 nitrogen and oxygen atoms in total. The lowest BCUT2D eigenvalue weighted by Gasteiger charge is -2.33. The van der Waals surface area contributed by atoms with Gasteiger partial charge in [0.05, 0.1) is 0 Å². The van der Waals surface area contributed by atoms with Gasteiger partial charge in [0, 0.05) is 25.4 Å². The van der Waals surface area contributed by atoms with Gasteiger partial charge in [-0.1, -0.05) is 27.7 Å². The van der Waals surface area contributed by atoms with Gasteiger partial charge in [-0.25, -0.2) is 0 Å². The van der Waals surface area contributed by atoms with E-state index in [9.17, 15) is 9.59 Å². The smallest absolute Gasteiger partial charge is 0.229 e. The zero-order valence-electron chi connectivity index (χ0n) is 12.0. The number of hydrogen-bond acceptors (Lipinski definition) is 3. The molecule has 1 rings (SSSR count). The zero-order valence-corrected chi connectivity index (χ0v) is 12.0. The van der Waals surface area contributed by atoms with E-state index in [0.717, 1.165) is 13.0 Å². The molecule has 0 aromatic rings. The standard InChI is InChI=1S/C14H26N2O2/c1-5-6-15-12(10(2)3)9-16-13(17)7-11(4)8-14(16)18/h10-12,15H,5-9H2,1-4H3. The van der Waals surface area contributed by atoms with Gasteiger partial charge < -0.3 is 5.32 Å². The third-order valence-electron chi connectivity index (χ3n) is 3.49. The molecule has 0 aromatic heterocycles. The van der Waals surface area contributed by atoms with Gasteiger partial charge in [-0.05, 0) is 24.8 Å². The average Bonchev–Trinajstić information content (AvgIpc) is 2.26. The number of carbonyl (C=O) groups is 2. The van der Waals surface area contributed by atoms with E-state index in [1.165, 1.54) is 4.90 Å². The van der Waals surface area contributed by atoms with Crippen LogP contribution >= 0.6 is 0 Å². The maximum atomic E-state index is 11.9. The van der Waals surface area contributed by atoms with Crippen LogP contribution in [-0.2, 0) is 9.59 Å². The monoisotopic (exact) mass is 254 g/mol. The van der Waals surface area contributed by atoms with Gasteiger partial charge >= 0.3 is 0 Å². The molecule has 1 unspecified atom stereocenters. The predicted octanol–water partition coefficient (Wildman–Crippen LogP) is 1.80. The quantitative estimate of drug-likeness (QED) is 0.735. The van der Waals surface area contributed by atoms with Gasteiger partial charge in [-0.15, -0.1) is 0 Å². The number of hydrogen-bond donors (Lipinski definition) is 1. The van der Waals surface area contributed by atoms with E-state index in [-0.39, 0.29) is 23.8 Å². The Hall–Kier alpha value is -0.900. The number of imide groups is 1. The van der Waals surface area contributed by atoms with E-state index < -0.39 is 0 Å². The fourth-order valence-electron chi connectivity index (χ4n) is 2.27. The van der Waals surface area contributed by atoms with Crippen molar-refractivity contribution in [2.24, 2.45) is 11.8 Å². The number of rotatable bonds is 6. The molecule has 1 aliphatic rings. The molecule has 0 spiro atoms. The molecule has 0 aliphatic carbocycles. The molecule has 4 heteroatoms. The van der Waals surface area contributed by atoms with Gasteiger partial charge in [0.25, 0.3) is 0 Å². The van der Waals surface area contributed by atoms with Gasteiger partial charge in [0.15, 0.2) is 0 Å². The summed E-state index contributed by atoms with van der Waals surface area (Å²) in [5.74, 6) is 0.587. The number of amides is 2. The lowest BCUT2D eigenvalue weighted by molar-refractivity contribution is -0.150. The molecular formula is C14H26N2O2. The third kappa shape index (κ3) is 4.09. The highest BCUT2D eigenvalue weighted by atomic mass is 16.2. The van der Waals surface area contributed by atoms with Crippen LogP contribution in [0.5, 0.6) is 0 Å². The fraction of sp³-hybridized carbons (Fsp3) is 0.857. The zero-order chi connectivity index (χ0) is 13.7. The molecule has 0 radical (unpaired) electrons. The SMILES string of the molecule is CCCNC(CN1C(=O)CC(C)CC1=O)C(C)C. The summed E-state index contributed by atoms with van der Waals surface area (Å²) >= 11 is 0. The normalized spacial score (nSPS) is 19.7. The summed E-state index contributed by atoms with van der Waals surface area (Å²) < 4.78 is 0. The maximum absolute atomic E-state index is 11.9. The number of carbonyl (C=O) groups excluding carboxylic acids is 2. The lowest BCUT2D eigenvalue weighted by atomic mass is 9.96. The van der Waals surface area contributed by atoms with Crippen LogP contribution in [0.1, 0.15) is 47.0 Å². The first-order valence-corrected chi connectivity index (χ1v) is 7.02. The van der Waals surface area contributed by atoms with Gasteiger partial charge in [0.1, 0.15) is 0 Å². The van der Waals surface area contributed by atoms with Crippen LogP contribution in [0.25, 0.3) is 0 Å². The summed E-state index contributed by atoms with van der Waals surface area (Å²) in [6.07, 6.45) is 2.07. The number of nitrogens with zero attached hydrogens (tertiary/aromatic N) is 1. The average molecular weight is 254 g/mol. The van der Waals surface area contributed by atoms with Crippen LogP contribution in [0.3, 0.4) is 0 Å². The molecule has 1 atom stereocenters. The van der Waals surface area contributed by atoms with Crippen molar-refractivity contribution in [2.75, 3.05) is 13.1 Å². The molecule has 18 heavy (non-hydrogen) atoms. The Labute approximate surface area is 110 Å². The Kier molecular flexibility index (Phi) is 5.79. The fourth-order valence-corrected chi connectivity index (χ4v) is 2.27. The summed E-state index contributed by atoms with van der Waals surface area (Å²) in [5.41, 5.74) is 0. The first kappa shape index (κ1) is 15.2. The van der Waals surface area contributed by atoms with Crippen molar-refractivity contribution in [3.8, 4) is 0 Å². The maximum Gasteiger partial charge on any atom is 0.229 e. The summed E-state index contributed by atoms with van der Waals surface area (Å²) in [5, 5.41) is 3.42. The van der Waals surface area contributed by atoms with E-state index in [2.05, 4.69) is 26.1 Å². The largest absolute Gasteiger partial charge is 0.312 e. The van der Waals surface area contributed by atoms with Crippen molar-refractivity contribution in [3.63, 3.8) is 0 Å². The molecule has 104 valence electrons. The molecule has 1 aliphatic heterocycles. The molecule has 1 heterocycles. The third-order valence-corrected chi connectivity index (χ3v) is 3.49. The van der Waals surface area contributed by atoms with Crippen LogP contribution in [0.2, 0.25) is 0 Å². The lowest BCUT2D eigenvalue weighted by Crippen LogP contribution is -2.51. The van der Waals surface area contributed by atoms with E-state index in [1.807, 2.05) is 6.92 Å². The van der Waals surface area contributed by atoms with E-state index >= 15 is 0 Å². The van der Waals surface area contributed by atoms with Crippen molar-refractivity contribution < 1.29 is 9.59 Å². The Balaban J connectivity index is 2.62. The molecule has 1 N–H and O–H groups in total. The van der Waals surface area contributed by atoms with Gasteiger partial charge in [-0.3, -0.25) is 14.5 Å². The summed E-state index contributed by atoms with van der Waals surface area (Å²) in [6.45, 7) is 9.76. The first-order valence-electron chi connectivity index (χ1n) is 7.02. The van der Waals surface area contributed by atoms with Gasteiger partial charge in [0.2, 0.25) is 11.8 Å². The topological polar surface area (TPSA) is 49.4 Å². The number of likely N-dealkylation sites (tertiary alicyclic amines) is 1. The van der Waals surface area contributed by atoms with Crippen molar-refractivity contribution in [2.45, 2.75) is 53.0 Å². The molecular weight excluding hydrogens is 228 g/mol. The summed E-state index contributed by atoms with van der Waals surface area (Å²) in [6, 6.07) is 0.200. The first-order chi connectivity index (χ1) is 8.45. The minimum absolute atomic E-state index is 0.0114. The van der Waals surface area contributed by atoms with Crippen molar-refractivity contribution in [1.29, 1.82) is 0 Å². The van der Waals surface area contributed by atoms with Crippen molar-refractivity contribution in [3.05, 3.63) is 0 Å². The summed E-state index contributed by atoms with van der Waals surface area (Å²) in [4.78, 5) is 25.3. The molecule has 1 fully saturated rings. The van der Waals surface area contributed by atoms with Crippen molar-refractivity contribution in [1.82, 2.24) is 10.2 Å². The molecule has 0 saturated carbocycles.